The van der Waals surface area contributed by atoms with Crippen LogP contribution >= 0.6 is 0 Å². The topological polar surface area (TPSA) is 0 Å². The van der Waals surface area contributed by atoms with Crippen molar-refractivity contribution in [3.63, 3.8) is 0 Å². The van der Waals surface area contributed by atoms with Crippen molar-refractivity contribution in [2.75, 3.05) is 0 Å². The molecule has 0 nitrogen and oxygen atoms in total. The van der Waals surface area contributed by atoms with E-state index in [1.165, 1.54) is 30.4 Å². The molecule has 0 fully saturated rings. The van der Waals surface area contributed by atoms with Crippen LogP contribution in [-0.4, -0.2) is 0 Å². The number of rotatable bonds is 5. The van der Waals surface area contributed by atoms with Crippen molar-refractivity contribution in [3.05, 3.63) is 42.3 Å². The largest absolute Gasteiger partial charge is 0.0648 e. The predicted octanol–water partition coefficient (Wildman–Crippen LogP) is 4.49. The monoisotopic (exact) mass is 189 g/mol. The van der Waals surface area contributed by atoms with Crippen LogP contribution in [0.5, 0.6) is 0 Å². The SMILES string of the molecule is [CH2]CCCC(CC)c1cccc(C)c1. The summed E-state index contributed by atoms with van der Waals surface area (Å²) < 4.78 is 0. The van der Waals surface area contributed by atoms with Crippen molar-refractivity contribution in [1.29, 1.82) is 0 Å². The molecule has 0 bridgehead atoms. The van der Waals surface area contributed by atoms with Crippen LogP contribution in [0, 0.1) is 13.8 Å². The Balaban J connectivity index is 2.68. The van der Waals surface area contributed by atoms with E-state index in [4.69, 9.17) is 0 Å². The van der Waals surface area contributed by atoms with Crippen LogP contribution in [0.15, 0.2) is 24.3 Å². The zero-order valence-corrected chi connectivity index (χ0v) is 9.42. The number of aryl methyl sites for hydroxylation is 1. The molecule has 0 heterocycles. The molecule has 0 aliphatic rings. The van der Waals surface area contributed by atoms with E-state index in [1.54, 1.807) is 0 Å². The molecule has 1 radical (unpaired) electrons. The second kappa shape index (κ2) is 5.85. The van der Waals surface area contributed by atoms with Gasteiger partial charge in [-0.2, -0.15) is 0 Å². The van der Waals surface area contributed by atoms with Crippen LogP contribution in [0.2, 0.25) is 0 Å². The molecule has 1 unspecified atom stereocenters. The Labute approximate surface area is 88.4 Å². The standard InChI is InChI=1S/C14H21/c1-4-6-9-13(5-2)14-10-7-8-12(3)11-14/h7-8,10-11,13H,1,4-6,9H2,2-3H3. The third-order valence-electron chi connectivity index (χ3n) is 2.81. The number of benzene rings is 1. The van der Waals surface area contributed by atoms with Crippen LogP contribution in [0.25, 0.3) is 0 Å². The molecule has 14 heavy (non-hydrogen) atoms. The molecule has 0 amide bonds. The second-order valence-electron chi connectivity index (χ2n) is 4.02. The summed E-state index contributed by atoms with van der Waals surface area (Å²) in [5.41, 5.74) is 2.87. The first-order valence-corrected chi connectivity index (χ1v) is 5.63. The van der Waals surface area contributed by atoms with Gasteiger partial charge in [-0.15, -0.1) is 0 Å². The van der Waals surface area contributed by atoms with Crippen LogP contribution in [0.3, 0.4) is 0 Å². The molecule has 1 atom stereocenters. The van der Waals surface area contributed by atoms with Gasteiger partial charge in [-0.3, -0.25) is 0 Å². The van der Waals surface area contributed by atoms with Gasteiger partial charge in [0.05, 0.1) is 0 Å². The maximum absolute atomic E-state index is 3.90. The van der Waals surface area contributed by atoms with Crippen molar-refractivity contribution in [2.24, 2.45) is 0 Å². The Kier molecular flexibility index (Phi) is 4.72. The minimum Gasteiger partial charge on any atom is -0.0648 e. The van der Waals surface area contributed by atoms with Gasteiger partial charge < -0.3 is 0 Å². The van der Waals surface area contributed by atoms with Gasteiger partial charge in [0, 0.05) is 0 Å². The highest BCUT2D eigenvalue weighted by molar-refractivity contribution is 5.25. The minimum atomic E-state index is 0.733. The van der Waals surface area contributed by atoms with Crippen LogP contribution < -0.4 is 0 Å². The van der Waals surface area contributed by atoms with E-state index in [1.807, 2.05) is 0 Å². The Bertz CT molecular complexity index is 262. The molecule has 1 aromatic rings. The molecule has 0 N–H and O–H groups in total. The van der Waals surface area contributed by atoms with Gasteiger partial charge in [-0.05, 0) is 31.2 Å². The fourth-order valence-corrected chi connectivity index (χ4v) is 1.92. The van der Waals surface area contributed by atoms with E-state index >= 15 is 0 Å². The van der Waals surface area contributed by atoms with Crippen molar-refractivity contribution in [1.82, 2.24) is 0 Å². The lowest BCUT2D eigenvalue weighted by Gasteiger charge is -2.15. The highest BCUT2D eigenvalue weighted by Gasteiger charge is 2.07. The molecule has 0 saturated carbocycles. The third kappa shape index (κ3) is 3.17. The lowest BCUT2D eigenvalue weighted by atomic mass is 9.90. The maximum atomic E-state index is 3.90. The number of unbranched alkanes of at least 4 members (excludes halogenated alkanes) is 1. The Morgan fingerprint density at radius 1 is 1.36 bits per heavy atom. The molecule has 0 heteroatoms. The second-order valence-corrected chi connectivity index (χ2v) is 4.02. The molecule has 0 saturated heterocycles. The summed E-state index contributed by atoms with van der Waals surface area (Å²) in [5, 5.41) is 0. The van der Waals surface area contributed by atoms with E-state index in [0.717, 1.165) is 12.3 Å². The minimum absolute atomic E-state index is 0.733. The Morgan fingerprint density at radius 2 is 2.14 bits per heavy atom. The van der Waals surface area contributed by atoms with Crippen molar-refractivity contribution < 1.29 is 0 Å². The normalized spacial score (nSPS) is 12.8. The smallest absolute Gasteiger partial charge is 0.0164 e. The highest BCUT2D eigenvalue weighted by Crippen LogP contribution is 2.25. The van der Waals surface area contributed by atoms with Gasteiger partial charge in [-0.1, -0.05) is 56.5 Å². The van der Waals surface area contributed by atoms with Gasteiger partial charge in [-0.25, -0.2) is 0 Å². The van der Waals surface area contributed by atoms with E-state index in [2.05, 4.69) is 45.0 Å². The zero-order valence-electron chi connectivity index (χ0n) is 9.42. The first-order valence-electron chi connectivity index (χ1n) is 5.63. The quantitative estimate of drug-likeness (QED) is 0.640. The summed E-state index contributed by atoms with van der Waals surface area (Å²) in [6, 6.07) is 8.90. The number of hydrogen-bond donors (Lipinski definition) is 0. The van der Waals surface area contributed by atoms with Crippen molar-refractivity contribution >= 4 is 0 Å². The van der Waals surface area contributed by atoms with Crippen LogP contribution in [0.1, 0.15) is 49.7 Å². The first-order chi connectivity index (χ1) is 6.77. The summed E-state index contributed by atoms with van der Waals surface area (Å²) in [6.07, 6.45) is 4.82. The van der Waals surface area contributed by atoms with E-state index in [0.29, 0.717) is 0 Å². The highest BCUT2D eigenvalue weighted by atomic mass is 14.1. The fourth-order valence-electron chi connectivity index (χ4n) is 1.92. The van der Waals surface area contributed by atoms with Gasteiger partial charge >= 0.3 is 0 Å². The van der Waals surface area contributed by atoms with Crippen molar-refractivity contribution in [3.8, 4) is 0 Å². The average molecular weight is 189 g/mol. The summed E-state index contributed by atoms with van der Waals surface area (Å²) in [6.45, 7) is 8.34. The van der Waals surface area contributed by atoms with Gasteiger partial charge in [0.25, 0.3) is 0 Å². The molecular formula is C14H21. The first kappa shape index (κ1) is 11.3. The molecule has 0 spiro atoms. The summed E-state index contributed by atoms with van der Waals surface area (Å²) >= 11 is 0. The average Bonchev–Trinajstić information content (AvgIpc) is 2.19. The number of hydrogen-bond acceptors (Lipinski definition) is 0. The summed E-state index contributed by atoms with van der Waals surface area (Å²) in [4.78, 5) is 0. The molecule has 77 valence electrons. The van der Waals surface area contributed by atoms with Crippen LogP contribution in [-0.2, 0) is 0 Å². The lowest BCUT2D eigenvalue weighted by molar-refractivity contribution is 0.579. The third-order valence-corrected chi connectivity index (χ3v) is 2.81. The molecule has 1 aromatic carbocycles. The fraction of sp³-hybridized carbons (Fsp3) is 0.500. The molecule has 0 aromatic heterocycles. The molecule has 0 aliphatic heterocycles. The van der Waals surface area contributed by atoms with Gasteiger partial charge in [0.2, 0.25) is 0 Å². The van der Waals surface area contributed by atoms with E-state index in [-0.39, 0.29) is 0 Å². The van der Waals surface area contributed by atoms with Crippen molar-refractivity contribution in [2.45, 2.75) is 45.4 Å². The van der Waals surface area contributed by atoms with E-state index < -0.39 is 0 Å². The summed E-state index contributed by atoms with van der Waals surface area (Å²) in [7, 11) is 0. The Morgan fingerprint density at radius 3 is 2.71 bits per heavy atom. The predicted molar refractivity (Wildman–Crippen MR) is 63.4 cm³/mol. The van der Waals surface area contributed by atoms with Crippen LogP contribution in [0.4, 0.5) is 0 Å². The molecule has 1 rings (SSSR count). The molecular weight excluding hydrogens is 168 g/mol. The Hall–Kier alpha value is -0.780. The maximum Gasteiger partial charge on any atom is -0.0164 e. The van der Waals surface area contributed by atoms with Gasteiger partial charge in [0.15, 0.2) is 0 Å². The van der Waals surface area contributed by atoms with Gasteiger partial charge in [0.1, 0.15) is 0 Å². The van der Waals surface area contributed by atoms with E-state index in [9.17, 15) is 0 Å². The lowest BCUT2D eigenvalue weighted by Crippen LogP contribution is -1.97. The zero-order chi connectivity index (χ0) is 10.4. The summed E-state index contributed by atoms with van der Waals surface area (Å²) in [5.74, 6) is 0.733. The molecule has 0 aliphatic carbocycles.